The number of hydrogen-bond donors (Lipinski definition) is 2. The zero-order chi connectivity index (χ0) is 24.8. The summed E-state index contributed by atoms with van der Waals surface area (Å²) in [6.07, 6.45) is 4.73. The summed E-state index contributed by atoms with van der Waals surface area (Å²) in [5.74, 6) is -0.793. The van der Waals surface area contributed by atoms with Crippen molar-refractivity contribution in [2.45, 2.75) is 41.6 Å². The van der Waals surface area contributed by atoms with E-state index in [0.717, 1.165) is 24.3 Å². The van der Waals surface area contributed by atoms with Crippen LogP contribution in [0, 0.1) is 5.92 Å². The number of thioether (sulfide) groups is 1. The Morgan fingerprint density at radius 2 is 1.77 bits per heavy atom. The first-order valence-corrected chi connectivity index (χ1v) is 14.5. The standard InChI is InChI=1S/C25H31N3O5S2/c1-34-20-8-10-21(11-9-20)35(31,32)28-14-12-18(13-15-28)24(29)27-23-7-3-2-6-22(23)25(30)26-17-19-5-4-16-33-19/h2-3,6-11,18-19H,4-5,12-17H2,1H3,(H,26,30)(H,27,29)/t19-/m1/s1. The second kappa shape index (κ2) is 11.6. The van der Waals surface area contributed by atoms with Crippen LogP contribution in [0.25, 0.3) is 0 Å². The van der Waals surface area contributed by atoms with Crippen LogP contribution in [0.1, 0.15) is 36.0 Å². The number of anilines is 1. The average Bonchev–Trinajstić information content (AvgIpc) is 3.41. The molecule has 2 N–H and O–H groups in total. The van der Waals surface area contributed by atoms with E-state index in [4.69, 9.17) is 4.74 Å². The molecular formula is C25H31N3O5S2. The highest BCUT2D eigenvalue weighted by Crippen LogP contribution is 2.27. The minimum atomic E-state index is -3.60. The van der Waals surface area contributed by atoms with Gasteiger partial charge in [-0.05, 0) is 68.3 Å². The molecule has 0 radical (unpaired) electrons. The molecule has 188 valence electrons. The quantitative estimate of drug-likeness (QED) is 0.521. The van der Waals surface area contributed by atoms with E-state index < -0.39 is 10.0 Å². The van der Waals surface area contributed by atoms with Crippen LogP contribution in [0.15, 0.2) is 58.3 Å². The summed E-state index contributed by atoms with van der Waals surface area (Å²) in [6, 6.07) is 13.8. The van der Waals surface area contributed by atoms with Crippen LogP contribution in [0.3, 0.4) is 0 Å². The van der Waals surface area contributed by atoms with Gasteiger partial charge in [0, 0.05) is 37.1 Å². The second-order valence-corrected chi connectivity index (χ2v) is 11.6. The maximum Gasteiger partial charge on any atom is 0.253 e. The smallest absolute Gasteiger partial charge is 0.253 e. The van der Waals surface area contributed by atoms with Crippen LogP contribution in [0.2, 0.25) is 0 Å². The molecule has 2 fully saturated rings. The highest BCUT2D eigenvalue weighted by molar-refractivity contribution is 7.98. The average molecular weight is 518 g/mol. The molecule has 8 nitrogen and oxygen atoms in total. The molecule has 0 aliphatic carbocycles. The fourth-order valence-corrected chi connectivity index (χ4v) is 6.27. The van der Waals surface area contributed by atoms with E-state index in [0.29, 0.717) is 30.6 Å². The molecule has 4 rings (SSSR count). The molecule has 2 heterocycles. The molecule has 0 unspecified atom stereocenters. The summed E-state index contributed by atoms with van der Waals surface area (Å²) in [5.41, 5.74) is 0.846. The van der Waals surface area contributed by atoms with Crippen LogP contribution in [0.5, 0.6) is 0 Å². The van der Waals surface area contributed by atoms with Crippen molar-refractivity contribution >= 4 is 39.3 Å². The molecule has 0 aromatic heterocycles. The van der Waals surface area contributed by atoms with Crippen molar-refractivity contribution in [2.24, 2.45) is 5.92 Å². The van der Waals surface area contributed by atoms with Crippen LogP contribution >= 0.6 is 11.8 Å². The number of nitrogens with zero attached hydrogens (tertiary/aromatic N) is 1. The Hall–Kier alpha value is -2.40. The van der Waals surface area contributed by atoms with Gasteiger partial charge < -0.3 is 15.4 Å². The monoisotopic (exact) mass is 517 g/mol. The number of amides is 2. The van der Waals surface area contributed by atoms with E-state index in [1.165, 1.54) is 4.31 Å². The molecule has 0 saturated carbocycles. The number of carbonyl (C=O) groups excluding carboxylic acids is 2. The van der Waals surface area contributed by atoms with Gasteiger partial charge in [-0.1, -0.05) is 12.1 Å². The van der Waals surface area contributed by atoms with Crippen LogP contribution < -0.4 is 10.6 Å². The van der Waals surface area contributed by atoms with E-state index in [9.17, 15) is 18.0 Å². The van der Waals surface area contributed by atoms with Crippen molar-refractivity contribution in [3.8, 4) is 0 Å². The summed E-state index contributed by atoms with van der Waals surface area (Å²) < 4.78 is 33.0. The van der Waals surface area contributed by atoms with Crippen molar-refractivity contribution in [3.63, 3.8) is 0 Å². The molecule has 35 heavy (non-hydrogen) atoms. The van der Waals surface area contributed by atoms with Gasteiger partial charge in [-0.2, -0.15) is 4.31 Å². The van der Waals surface area contributed by atoms with Crippen molar-refractivity contribution in [3.05, 3.63) is 54.1 Å². The summed E-state index contributed by atoms with van der Waals surface area (Å²) in [5, 5.41) is 5.77. The Labute approximate surface area is 210 Å². The molecule has 2 amide bonds. The Kier molecular flexibility index (Phi) is 8.48. The SMILES string of the molecule is CSc1ccc(S(=O)(=O)N2CCC(C(=O)Nc3ccccc3C(=O)NC[C@H]3CCCO3)CC2)cc1. The lowest BCUT2D eigenvalue weighted by Gasteiger charge is -2.30. The fourth-order valence-electron chi connectivity index (χ4n) is 4.39. The maximum atomic E-state index is 13.0. The third kappa shape index (κ3) is 6.24. The van der Waals surface area contributed by atoms with Crippen LogP contribution in [-0.2, 0) is 19.6 Å². The normalized spacial score (nSPS) is 19.4. The summed E-state index contributed by atoms with van der Waals surface area (Å²) in [6.45, 7) is 1.70. The molecule has 0 bridgehead atoms. The lowest BCUT2D eigenvalue weighted by molar-refractivity contribution is -0.120. The van der Waals surface area contributed by atoms with Gasteiger partial charge >= 0.3 is 0 Å². The van der Waals surface area contributed by atoms with Gasteiger partial charge in [0.1, 0.15) is 0 Å². The molecule has 2 saturated heterocycles. The zero-order valence-corrected chi connectivity index (χ0v) is 21.4. The van der Waals surface area contributed by atoms with Crippen LogP contribution in [0.4, 0.5) is 5.69 Å². The Bertz CT molecular complexity index is 1140. The number of hydrogen-bond acceptors (Lipinski definition) is 6. The van der Waals surface area contributed by atoms with Gasteiger partial charge in [0.05, 0.1) is 22.3 Å². The molecule has 2 aliphatic heterocycles. The first-order chi connectivity index (χ1) is 16.9. The number of piperidine rings is 1. The lowest BCUT2D eigenvalue weighted by atomic mass is 9.97. The Morgan fingerprint density at radius 3 is 2.43 bits per heavy atom. The first-order valence-electron chi connectivity index (χ1n) is 11.8. The molecule has 2 aromatic rings. The van der Waals surface area contributed by atoms with E-state index in [1.807, 2.05) is 6.26 Å². The number of ether oxygens (including phenoxy) is 1. The van der Waals surface area contributed by atoms with E-state index in [2.05, 4.69) is 10.6 Å². The summed E-state index contributed by atoms with van der Waals surface area (Å²) >= 11 is 1.56. The highest BCUT2D eigenvalue weighted by Gasteiger charge is 2.32. The molecular weight excluding hydrogens is 486 g/mol. The molecule has 10 heteroatoms. The van der Waals surface area contributed by atoms with Crippen molar-refractivity contribution in [2.75, 3.05) is 37.8 Å². The molecule has 1 atom stereocenters. The molecule has 0 spiro atoms. The van der Waals surface area contributed by atoms with E-state index >= 15 is 0 Å². The summed E-state index contributed by atoms with van der Waals surface area (Å²) in [7, 11) is -3.60. The van der Waals surface area contributed by atoms with Crippen molar-refractivity contribution in [1.29, 1.82) is 0 Å². The zero-order valence-electron chi connectivity index (χ0n) is 19.7. The number of sulfonamides is 1. The van der Waals surface area contributed by atoms with Gasteiger partial charge in [0.25, 0.3) is 5.91 Å². The number of para-hydroxylation sites is 1. The Morgan fingerprint density at radius 1 is 1.06 bits per heavy atom. The van der Waals surface area contributed by atoms with Gasteiger partial charge in [-0.15, -0.1) is 11.8 Å². The topological polar surface area (TPSA) is 105 Å². The molecule has 2 aliphatic rings. The highest BCUT2D eigenvalue weighted by atomic mass is 32.2. The van der Waals surface area contributed by atoms with E-state index in [1.54, 1.807) is 60.3 Å². The number of carbonyl (C=O) groups is 2. The minimum absolute atomic E-state index is 0.0330. The fraction of sp³-hybridized carbons (Fsp3) is 0.440. The van der Waals surface area contributed by atoms with Crippen molar-refractivity contribution < 1.29 is 22.7 Å². The third-order valence-corrected chi connectivity index (χ3v) is 9.12. The maximum absolute atomic E-state index is 13.0. The number of rotatable bonds is 8. The second-order valence-electron chi connectivity index (χ2n) is 8.73. The minimum Gasteiger partial charge on any atom is -0.376 e. The van der Waals surface area contributed by atoms with E-state index in [-0.39, 0.29) is 41.8 Å². The predicted molar refractivity (Wildman–Crippen MR) is 136 cm³/mol. The number of nitrogens with one attached hydrogen (secondary N) is 2. The third-order valence-electron chi connectivity index (χ3n) is 6.47. The lowest BCUT2D eigenvalue weighted by Crippen LogP contribution is -2.41. The van der Waals surface area contributed by atoms with Gasteiger partial charge in [0.15, 0.2) is 0 Å². The van der Waals surface area contributed by atoms with Crippen molar-refractivity contribution in [1.82, 2.24) is 9.62 Å². The van der Waals surface area contributed by atoms with Gasteiger partial charge in [0.2, 0.25) is 15.9 Å². The number of benzene rings is 2. The Balaban J connectivity index is 1.34. The first kappa shape index (κ1) is 25.7. The molecule has 2 aromatic carbocycles. The van der Waals surface area contributed by atoms with Gasteiger partial charge in [-0.3, -0.25) is 9.59 Å². The van der Waals surface area contributed by atoms with Crippen LogP contribution in [-0.4, -0.2) is 63.1 Å². The predicted octanol–water partition coefficient (Wildman–Crippen LogP) is 3.36. The van der Waals surface area contributed by atoms with Gasteiger partial charge in [-0.25, -0.2) is 8.42 Å². The summed E-state index contributed by atoms with van der Waals surface area (Å²) in [4.78, 5) is 27.0. The largest absolute Gasteiger partial charge is 0.376 e.